The van der Waals surface area contributed by atoms with Crippen molar-refractivity contribution in [2.24, 2.45) is 0 Å². The summed E-state index contributed by atoms with van der Waals surface area (Å²) in [6.45, 7) is 5.50. The molecule has 1 rings (SSSR count). The van der Waals surface area contributed by atoms with Gasteiger partial charge >= 0.3 is 5.97 Å². The second-order valence-electron chi connectivity index (χ2n) is 4.20. The van der Waals surface area contributed by atoms with Crippen molar-refractivity contribution in [3.63, 3.8) is 0 Å². The Morgan fingerprint density at radius 1 is 1.42 bits per heavy atom. The van der Waals surface area contributed by atoms with Crippen LogP contribution in [0.3, 0.4) is 0 Å². The molecule has 0 aliphatic rings. The minimum absolute atomic E-state index is 0.0382. The molecular formula is C12H19NO4S2. The van der Waals surface area contributed by atoms with E-state index in [1.165, 1.54) is 7.11 Å². The average molecular weight is 305 g/mol. The number of aryl methyl sites for hydroxylation is 1. The zero-order valence-electron chi connectivity index (χ0n) is 11.5. The van der Waals surface area contributed by atoms with Gasteiger partial charge < -0.3 is 4.74 Å². The lowest BCUT2D eigenvalue weighted by molar-refractivity contribution is 0.0602. The number of carbonyl (C=O) groups is 1. The summed E-state index contributed by atoms with van der Waals surface area (Å²) in [4.78, 5) is 11.8. The Labute approximate surface area is 118 Å². The number of sulfonamides is 1. The maximum atomic E-state index is 12.4. The molecule has 0 atom stereocenters. The van der Waals surface area contributed by atoms with Gasteiger partial charge in [-0.2, -0.15) is 0 Å². The Hall–Kier alpha value is -0.920. The van der Waals surface area contributed by atoms with E-state index in [2.05, 4.69) is 9.46 Å². The quantitative estimate of drug-likeness (QED) is 0.819. The molecule has 1 aromatic heterocycles. The van der Waals surface area contributed by atoms with Crippen LogP contribution in [0.4, 0.5) is 0 Å². The molecule has 5 nitrogen and oxygen atoms in total. The van der Waals surface area contributed by atoms with Crippen molar-refractivity contribution in [2.75, 3.05) is 7.11 Å². The summed E-state index contributed by atoms with van der Waals surface area (Å²) in [5.74, 6) is -0.622. The third-order valence-electron chi connectivity index (χ3n) is 2.86. The summed E-state index contributed by atoms with van der Waals surface area (Å²) in [5, 5.41) is 1.65. The predicted molar refractivity (Wildman–Crippen MR) is 75.1 cm³/mol. The summed E-state index contributed by atoms with van der Waals surface area (Å²) in [7, 11) is -2.46. The fraction of sp³-hybridized carbons (Fsp3) is 0.583. The number of carbonyl (C=O) groups excluding carboxylic acids is 1. The minimum atomic E-state index is -3.70. The third kappa shape index (κ3) is 3.55. The molecule has 19 heavy (non-hydrogen) atoms. The molecule has 0 aliphatic carbocycles. The number of hydrogen-bond acceptors (Lipinski definition) is 5. The summed E-state index contributed by atoms with van der Waals surface area (Å²) >= 11 is 1.08. The predicted octanol–water partition coefficient (Wildman–Crippen LogP) is 2.31. The van der Waals surface area contributed by atoms with Crippen molar-refractivity contribution in [1.29, 1.82) is 0 Å². The molecule has 7 heteroatoms. The molecule has 0 bridgehead atoms. The number of methoxy groups -OCH3 is 1. The topological polar surface area (TPSA) is 72.5 Å². The SMILES string of the molecule is CCC(CC)NS(=O)(=O)c1c(C)csc1C(=O)OC. The van der Waals surface area contributed by atoms with Crippen molar-refractivity contribution in [3.05, 3.63) is 15.8 Å². The first-order valence-electron chi connectivity index (χ1n) is 6.06. The lowest BCUT2D eigenvalue weighted by Gasteiger charge is -2.15. The average Bonchev–Trinajstić information content (AvgIpc) is 2.77. The fourth-order valence-corrected chi connectivity index (χ4v) is 4.84. The Morgan fingerprint density at radius 2 is 2.00 bits per heavy atom. The van der Waals surface area contributed by atoms with Crippen molar-refractivity contribution in [1.82, 2.24) is 4.72 Å². The van der Waals surface area contributed by atoms with Gasteiger partial charge in [0.2, 0.25) is 10.0 Å². The Balaban J connectivity index is 3.21. The largest absolute Gasteiger partial charge is 0.465 e. The van der Waals surface area contributed by atoms with Gasteiger partial charge in [0.15, 0.2) is 0 Å². The van der Waals surface area contributed by atoms with E-state index in [4.69, 9.17) is 0 Å². The van der Waals surface area contributed by atoms with Crippen molar-refractivity contribution < 1.29 is 17.9 Å². The standard InChI is InChI=1S/C12H19NO4S2/c1-5-9(6-2)13-19(15,16)11-8(3)7-18-10(11)12(14)17-4/h7,9,13H,5-6H2,1-4H3. The number of nitrogens with one attached hydrogen (secondary N) is 1. The van der Waals surface area contributed by atoms with Crippen molar-refractivity contribution in [2.45, 2.75) is 44.6 Å². The van der Waals surface area contributed by atoms with Crippen LogP contribution in [0, 0.1) is 6.92 Å². The highest BCUT2D eigenvalue weighted by molar-refractivity contribution is 7.89. The molecular weight excluding hydrogens is 286 g/mol. The van der Waals surface area contributed by atoms with E-state index < -0.39 is 16.0 Å². The third-order valence-corrected chi connectivity index (χ3v) is 5.78. The van der Waals surface area contributed by atoms with Gasteiger partial charge in [-0.15, -0.1) is 11.3 Å². The molecule has 1 aromatic rings. The molecule has 0 saturated heterocycles. The fourth-order valence-electron chi connectivity index (χ4n) is 1.73. The van der Waals surface area contributed by atoms with Gasteiger partial charge in [-0.3, -0.25) is 0 Å². The van der Waals surface area contributed by atoms with Gasteiger partial charge in [0.1, 0.15) is 9.77 Å². The van der Waals surface area contributed by atoms with Gasteiger partial charge in [0.05, 0.1) is 7.11 Å². The van der Waals surface area contributed by atoms with Gasteiger partial charge in [-0.1, -0.05) is 13.8 Å². The van der Waals surface area contributed by atoms with Crippen LogP contribution >= 0.6 is 11.3 Å². The summed E-state index contributed by atoms with van der Waals surface area (Å²) in [6, 6.07) is -0.130. The van der Waals surface area contributed by atoms with E-state index in [1.807, 2.05) is 13.8 Å². The molecule has 0 aromatic carbocycles. The zero-order valence-corrected chi connectivity index (χ0v) is 13.2. The van der Waals surface area contributed by atoms with Gasteiger partial charge in [-0.25, -0.2) is 17.9 Å². The second kappa shape index (κ2) is 6.49. The van der Waals surface area contributed by atoms with E-state index in [1.54, 1.807) is 12.3 Å². The van der Waals surface area contributed by atoms with E-state index in [0.717, 1.165) is 11.3 Å². The van der Waals surface area contributed by atoms with Crippen LogP contribution in [0.5, 0.6) is 0 Å². The normalized spacial score (nSPS) is 11.8. The van der Waals surface area contributed by atoms with E-state index in [9.17, 15) is 13.2 Å². The van der Waals surface area contributed by atoms with Crippen LogP contribution in [-0.4, -0.2) is 27.5 Å². The maximum absolute atomic E-state index is 12.4. The first-order chi connectivity index (χ1) is 8.87. The number of thiophene rings is 1. The van der Waals surface area contributed by atoms with Crippen LogP contribution in [-0.2, 0) is 14.8 Å². The molecule has 0 unspecified atom stereocenters. The first-order valence-corrected chi connectivity index (χ1v) is 8.42. The van der Waals surface area contributed by atoms with Gasteiger partial charge in [-0.05, 0) is 30.7 Å². The summed E-state index contributed by atoms with van der Waals surface area (Å²) < 4.78 is 32.0. The first kappa shape index (κ1) is 16.1. The number of ether oxygens (including phenoxy) is 1. The Kier molecular flexibility index (Phi) is 5.51. The molecule has 1 N–H and O–H groups in total. The molecule has 108 valence electrons. The number of esters is 1. The lowest BCUT2D eigenvalue weighted by atomic mass is 10.2. The minimum Gasteiger partial charge on any atom is -0.465 e. The van der Waals surface area contributed by atoms with E-state index >= 15 is 0 Å². The van der Waals surface area contributed by atoms with Gasteiger partial charge in [0.25, 0.3) is 0 Å². The molecule has 0 spiro atoms. The molecule has 0 fully saturated rings. The molecule has 0 radical (unpaired) electrons. The molecule has 1 heterocycles. The molecule has 0 saturated carbocycles. The number of rotatable bonds is 6. The molecule has 0 aliphatic heterocycles. The monoisotopic (exact) mass is 305 g/mol. The maximum Gasteiger partial charge on any atom is 0.349 e. The van der Waals surface area contributed by atoms with Crippen LogP contribution in [0.25, 0.3) is 0 Å². The summed E-state index contributed by atoms with van der Waals surface area (Å²) in [6.07, 6.45) is 1.40. The highest BCUT2D eigenvalue weighted by Crippen LogP contribution is 2.27. The number of hydrogen-bond donors (Lipinski definition) is 1. The molecule has 0 amide bonds. The van der Waals surface area contributed by atoms with Crippen LogP contribution in [0.2, 0.25) is 0 Å². The van der Waals surface area contributed by atoms with E-state index in [-0.39, 0.29) is 15.8 Å². The van der Waals surface area contributed by atoms with Gasteiger partial charge in [0, 0.05) is 6.04 Å². The van der Waals surface area contributed by atoms with Crippen LogP contribution in [0.1, 0.15) is 41.9 Å². The van der Waals surface area contributed by atoms with Crippen LogP contribution in [0.15, 0.2) is 10.3 Å². The van der Waals surface area contributed by atoms with Crippen molar-refractivity contribution in [3.8, 4) is 0 Å². The highest BCUT2D eigenvalue weighted by Gasteiger charge is 2.28. The highest BCUT2D eigenvalue weighted by atomic mass is 32.2. The summed E-state index contributed by atoms with van der Waals surface area (Å²) in [5.41, 5.74) is 0.559. The smallest absolute Gasteiger partial charge is 0.349 e. The Morgan fingerprint density at radius 3 is 2.47 bits per heavy atom. The van der Waals surface area contributed by atoms with E-state index in [0.29, 0.717) is 18.4 Å². The second-order valence-corrected chi connectivity index (χ2v) is 6.73. The lowest BCUT2D eigenvalue weighted by Crippen LogP contribution is -2.34. The van der Waals surface area contributed by atoms with Crippen molar-refractivity contribution >= 4 is 27.3 Å². The van der Waals surface area contributed by atoms with Crippen LogP contribution < -0.4 is 4.72 Å². The Bertz CT molecular complexity index is 544. The zero-order chi connectivity index (χ0) is 14.6.